The Morgan fingerprint density at radius 3 is 2.74 bits per heavy atom. The number of nitrogen functional groups attached to an aromatic ring is 1. The Hall–Kier alpha value is -2.50. The van der Waals surface area contributed by atoms with Crippen LogP contribution in [0.1, 0.15) is 18.9 Å². The molecular formula is C13H12N6. The summed E-state index contributed by atoms with van der Waals surface area (Å²) in [5.74, 6) is 1.17. The lowest BCUT2D eigenvalue weighted by Crippen LogP contribution is -2.03. The highest BCUT2D eigenvalue weighted by Gasteiger charge is 2.30. The van der Waals surface area contributed by atoms with Gasteiger partial charge in [0.1, 0.15) is 11.2 Å². The highest BCUT2D eigenvalue weighted by molar-refractivity contribution is 5.78. The zero-order valence-electron chi connectivity index (χ0n) is 10.2. The number of nitrogens with two attached hydrogens (primary N) is 1. The molecule has 0 aliphatic heterocycles. The van der Waals surface area contributed by atoms with Gasteiger partial charge < -0.3 is 10.3 Å². The van der Waals surface area contributed by atoms with Gasteiger partial charge >= 0.3 is 0 Å². The molecule has 0 aromatic carbocycles. The number of imidazole rings is 1. The predicted molar refractivity (Wildman–Crippen MR) is 71.2 cm³/mol. The maximum atomic E-state index is 5.92. The van der Waals surface area contributed by atoms with Crippen molar-refractivity contribution in [1.29, 1.82) is 0 Å². The first-order valence-electron chi connectivity index (χ1n) is 6.24. The van der Waals surface area contributed by atoms with E-state index in [9.17, 15) is 0 Å². The number of fused-ring (bicyclic) bond motifs is 1. The van der Waals surface area contributed by atoms with E-state index in [2.05, 4.69) is 24.5 Å². The fourth-order valence-corrected chi connectivity index (χ4v) is 2.30. The molecule has 3 heterocycles. The van der Waals surface area contributed by atoms with Gasteiger partial charge in [-0.15, -0.1) is 0 Å². The lowest BCUT2D eigenvalue weighted by Gasteiger charge is -2.07. The Kier molecular flexibility index (Phi) is 2.05. The summed E-state index contributed by atoms with van der Waals surface area (Å²) < 4.78 is 2.13. The van der Waals surface area contributed by atoms with Crippen LogP contribution < -0.4 is 5.73 Å². The van der Waals surface area contributed by atoms with E-state index in [1.54, 1.807) is 18.6 Å². The Labute approximate surface area is 109 Å². The summed E-state index contributed by atoms with van der Waals surface area (Å²) >= 11 is 0. The average Bonchev–Trinajstić information content (AvgIpc) is 3.19. The van der Waals surface area contributed by atoms with E-state index in [0.29, 0.717) is 17.6 Å². The van der Waals surface area contributed by atoms with E-state index in [4.69, 9.17) is 5.73 Å². The molecule has 2 N–H and O–H groups in total. The van der Waals surface area contributed by atoms with Gasteiger partial charge in [-0.1, -0.05) is 0 Å². The Morgan fingerprint density at radius 2 is 1.95 bits per heavy atom. The molecule has 1 aliphatic carbocycles. The highest BCUT2D eigenvalue weighted by Crippen LogP contribution is 2.40. The molecule has 6 nitrogen and oxygen atoms in total. The van der Waals surface area contributed by atoms with Crippen LogP contribution in [0.4, 0.5) is 5.82 Å². The summed E-state index contributed by atoms with van der Waals surface area (Å²) in [6.07, 6.45) is 7.30. The zero-order valence-corrected chi connectivity index (χ0v) is 10.2. The van der Waals surface area contributed by atoms with Gasteiger partial charge in [0.15, 0.2) is 17.3 Å². The van der Waals surface area contributed by atoms with Gasteiger partial charge in [0.2, 0.25) is 0 Å². The second kappa shape index (κ2) is 3.74. The van der Waals surface area contributed by atoms with Crippen molar-refractivity contribution in [2.45, 2.75) is 18.9 Å². The minimum absolute atomic E-state index is 0.403. The third-order valence-corrected chi connectivity index (χ3v) is 3.30. The second-order valence-corrected chi connectivity index (χ2v) is 4.67. The number of nitrogens with zero attached hydrogens (tertiary/aromatic N) is 5. The van der Waals surface area contributed by atoms with Crippen molar-refractivity contribution in [2.75, 3.05) is 5.73 Å². The van der Waals surface area contributed by atoms with Crippen LogP contribution in [0.15, 0.2) is 30.7 Å². The lowest BCUT2D eigenvalue weighted by atomic mass is 10.3. The molecule has 4 rings (SSSR count). The van der Waals surface area contributed by atoms with Crippen LogP contribution in [0.3, 0.4) is 0 Å². The molecule has 1 saturated carbocycles. The summed E-state index contributed by atoms with van der Waals surface area (Å²) in [4.78, 5) is 17.5. The van der Waals surface area contributed by atoms with Crippen molar-refractivity contribution in [2.24, 2.45) is 0 Å². The molecule has 6 heteroatoms. The number of anilines is 1. The molecule has 0 amide bonds. The van der Waals surface area contributed by atoms with Crippen LogP contribution in [0.25, 0.3) is 22.7 Å². The molecule has 1 fully saturated rings. The van der Waals surface area contributed by atoms with E-state index in [0.717, 1.165) is 29.8 Å². The molecule has 19 heavy (non-hydrogen) atoms. The van der Waals surface area contributed by atoms with Crippen LogP contribution in [-0.2, 0) is 0 Å². The minimum Gasteiger partial charge on any atom is -0.382 e. The van der Waals surface area contributed by atoms with Gasteiger partial charge in [-0.25, -0.2) is 19.9 Å². The van der Waals surface area contributed by atoms with E-state index >= 15 is 0 Å². The standard InChI is InChI=1S/C13H12N6/c14-11-10(15-6-7-16-11)13-18-9-2-1-5-17-12(9)19(13)8-3-4-8/h1-2,5-8H,3-4H2,(H2,14,16). The van der Waals surface area contributed by atoms with Crippen LogP contribution in [0, 0.1) is 0 Å². The van der Waals surface area contributed by atoms with Gasteiger partial charge in [0, 0.05) is 24.6 Å². The lowest BCUT2D eigenvalue weighted by molar-refractivity contribution is 0.763. The van der Waals surface area contributed by atoms with Crippen molar-refractivity contribution in [3.05, 3.63) is 30.7 Å². The quantitative estimate of drug-likeness (QED) is 0.752. The first-order chi connectivity index (χ1) is 9.34. The highest BCUT2D eigenvalue weighted by atomic mass is 15.2. The largest absolute Gasteiger partial charge is 0.382 e. The van der Waals surface area contributed by atoms with Gasteiger partial charge in [-0.2, -0.15) is 0 Å². The molecule has 0 atom stereocenters. The van der Waals surface area contributed by atoms with Crippen LogP contribution in [-0.4, -0.2) is 24.5 Å². The van der Waals surface area contributed by atoms with E-state index in [-0.39, 0.29) is 0 Å². The number of pyridine rings is 1. The third-order valence-electron chi connectivity index (χ3n) is 3.30. The number of hydrogen-bond acceptors (Lipinski definition) is 5. The van der Waals surface area contributed by atoms with Gasteiger partial charge in [-0.3, -0.25) is 0 Å². The molecule has 1 aliphatic rings. The molecular weight excluding hydrogens is 240 g/mol. The van der Waals surface area contributed by atoms with Crippen LogP contribution >= 0.6 is 0 Å². The molecule has 0 unspecified atom stereocenters. The predicted octanol–water partition coefficient (Wildman–Crippen LogP) is 1.81. The zero-order chi connectivity index (χ0) is 12.8. The summed E-state index contributed by atoms with van der Waals surface area (Å²) in [6, 6.07) is 4.30. The Bertz CT molecular complexity index is 759. The monoisotopic (exact) mass is 252 g/mol. The van der Waals surface area contributed by atoms with E-state index in [1.807, 2.05) is 12.1 Å². The molecule has 0 saturated heterocycles. The molecule has 0 bridgehead atoms. The van der Waals surface area contributed by atoms with Crippen molar-refractivity contribution >= 4 is 17.0 Å². The van der Waals surface area contributed by atoms with Gasteiger partial charge in [0.05, 0.1) is 0 Å². The summed E-state index contributed by atoms with van der Waals surface area (Å²) in [6.45, 7) is 0. The normalized spacial score (nSPS) is 14.9. The summed E-state index contributed by atoms with van der Waals surface area (Å²) in [5.41, 5.74) is 8.31. The molecule has 0 spiro atoms. The van der Waals surface area contributed by atoms with E-state index in [1.165, 1.54) is 0 Å². The molecule has 3 aromatic rings. The first kappa shape index (κ1) is 10.4. The second-order valence-electron chi connectivity index (χ2n) is 4.67. The van der Waals surface area contributed by atoms with Crippen molar-refractivity contribution in [3.8, 4) is 11.5 Å². The maximum Gasteiger partial charge on any atom is 0.165 e. The minimum atomic E-state index is 0.403. The average molecular weight is 252 g/mol. The number of hydrogen-bond donors (Lipinski definition) is 1. The van der Waals surface area contributed by atoms with E-state index < -0.39 is 0 Å². The topological polar surface area (TPSA) is 82.5 Å². The number of rotatable bonds is 2. The Balaban J connectivity index is 2.04. The third kappa shape index (κ3) is 1.56. The van der Waals surface area contributed by atoms with Gasteiger partial charge in [-0.05, 0) is 25.0 Å². The molecule has 0 radical (unpaired) electrons. The van der Waals surface area contributed by atoms with Crippen molar-refractivity contribution < 1.29 is 0 Å². The summed E-state index contributed by atoms with van der Waals surface area (Å²) in [7, 11) is 0. The van der Waals surface area contributed by atoms with Crippen LogP contribution in [0.2, 0.25) is 0 Å². The fourth-order valence-electron chi connectivity index (χ4n) is 2.30. The van der Waals surface area contributed by atoms with Crippen molar-refractivity contribution in [3.63, 3.8) is 0 Å². The summed E-state index contributed by atoms with van der Waals surface area (Å²) in [5, 5.41) is 0. The SMILES string of the molecule is Nc1nccnc1-c1nc2cccnc2n1C1CC1. The fraction of sp³-hybridized carbons (Fsp3) is 0.231. The van der Waals surface area contributed by atoms with Crippen LogP contribution in [0.5, 0.6) is 0 Å². The maximum absolute atomic E-state index is 5.92. The first-order valence-corrected chi connectivity index (χ1v) is 6.24. The van der Waals surface area contributed by atoms with Gasteiger partial charge in [0.25, 0.3) is 0 Å². The Morgan fingerprint density at radius 1 is 1.11 bits per heavy atom. The number of aromatic nitrogens is 5. The molecule has 3 aromatic heterocycles. The molecule has 94 valence electrons. The smallest absolute Gasteiger partial charge is 0.165 e. The van der Waals surface area contributed by atoms with Crippen molar-refractivity contribution in [1.82, 2.24) is 24.5 Å².